The predicted octanol–water partition coefficient (Wildman–Crippen LogP) is 3.39. The molecular formula is C19H27FN2OS. The van der Waals surface area contributed by atoms with E-state index in [1.165, 1.54) is 24.3 Å². The van der Waals surface area contributed by atoms with Gasteiger partial charge in [0.25, 0.3) is 0 Å². The number of likely N-dealkylation sites (tertiary alicyclic amines) is 2. The quantitative estimate of drug-likeness (QED) is 0.735. The predicted molar refractivity (Wildman–Crippen MR) is 97.5 cm³/mol. The Morgan fingerprint density at radius 3 is 2.75 bits per heavy atom. The molecule has 2 fully saturated rings. The van der Waals surface area contributed by atoms with Crippen molar-refractivity contribution in [3.8, 4) is 0 Å². The number of carbonyl (C=O) groups is 1. The fraction of sp³-hybridized carbons (Fsp3) is 0.632. The number of hydrogen-bond acceptors (Lipinski definition) is 3. The summed E-state index contributed by atoms with van der Waals surface area (Å²) in [6.45, 7) is 4.50. The minimum Gasteiger partial charge on any atom is -0.338 e. The van der Waals surface area contributed by atoms with E-state index < -0.39 is 0 Å². The number of hydrogen-bond donors (Lipinski definition) is 0. The van der Waals surface area contributed by atoms with Crippen LogP contribution < -0.4 is 0 Å². The Hall–Kier alpha value is -1.07. The number of amides is 1. The van der Waals surface area contributed by atoms with Crippen LogP contribution in [0.15, 0.2) is 24.3 Å². The SMILES string of the molecule is CSCCCN1CC[C@@]2(CCCN(Cc3ccc(F)cc3)C2=O)C1. The first-order valence-electron chi connectivity index (χ1n) is 8.88. The topological polar surface area (TPSA) is 23.6 Å². The number of nitrogens with zero attached hydrogens (tertiary/aromatic N) is 2. The molecule has 2 heterocycles. The lowest BCUT2D eigenvalue weighted by atomic mass is 9.78. The highest BCUT2D eigenvalue weighted by Gasteiger charge is 2.47. The van der Waals surface area contributed by atoms with Gasteiger partial charge in [-0.05, 0) is 68.5 Å². The van der Waals surface area contributed by atoms with Crippen molar-refractivity contribution in [2.75, 3.05) is 38.2 Å². The highest BCUT2D eigenvalue weighted by atomic mass is 32.2. The lowest BCUT2D eigenvalue weighted by Gasteiger charge is -2.39. The Labute approximate surface area is 148 Å². The molecular weight excluding hydrogens is 323 g/mol. The lowest BCUT2D eigenvalue weighted by molar-refractivity contribution is -0.146. The fourth-order valence-electron chi connectivity index (χ4n) is 4.07. The Balaban J connectivity index is 1.61. The van der Waals surface area contributed by atoms with Crippen molar-refractivity contribution < 1.29 is 9.18 Å². The highest BCUT2D eigenvalue weighted by Crippen LogP contribution is 2.40. The molecule has 24 heavy (non-hydrogen) atoms. The van der Waals surface area contributed by atoms with Crippen LogP contribution in [0.3, 0.4) is 0 Å². The Morgan fingerprint density at radius 1 is 1.21 bits per heavy atom. The standard InChI is InChI=1S/C19H27FN2OS/c1-24-13-3-10-21-12-9-19(15-21)8-2-11-22(18(19)23)14-16-4-6-17(20)7-5-16/h4-7H,2-3,8-15H2,1H3/t19-/m0/s1. The molecule has 1 aromatic carbocycles. The van der Waals surface area contributed by atoms with Crippen molar-refractivity contribution in [2.45, 2.75) is 32.2 Å². The van der Waals surface area contributed by atoms with Crippen LogP contribution >= 0.6 is 11.8 Å². The zero-order chi connectivity index (χ0) is 17.0. The van der Waals surface area contributed by atoms with Crippen molar-refractivity contribution in [3.05, 3.63) is 35.6 Å². The number of piperidine rings is 1. The highest BCUT2D eigenvalue weighted by molar-refractivity contribution is 7.98. The van der Waals surface area contributed by atoms with Gasteiger partial charge in [0.2, 0.25) is 5.91 Å². The lowest BCUT2D eigenvalue weighted by Crippen LogP contribution is -2.49. The van der Waals surface area contributed by atoms with Crippen LogP contribution in [-0.2, 0) is 11.3 Å². The molecule has 2 saturated heterocycles. The van der Waals surface area contributed by atoms with Crippen LogP contribution in [-0.4, -0.2) is 53.9 Å². The molecule has 1 aromatic rings. The third-order valence-corrected chi connectivity index (χ3v) is 6.06. The normalized spacial score (nSPS) is 24.9. The van der Waals surface area contributed by atoms with E-state index in [0.29, 0.717) is 12.5 Å². The van der Waals surface area contributed by atoms with E-state index in [1.54, 1.807) is 12.1 Å². The van der Waals surface area contributed by atoms with Crippen LogP contribution in [0.5, 0.6) is 0 Å². The second-order valence-electron chi connectivity index (χ2n) is 7.11. The molecule has 3 nitrogen and oxygen atoms in total. The van der Waals surface area contributed by atoms with Gasteiger partial charge < -0.3 is 9.80 Å². The Bertz CT molecular complexity index is 565. The summed E-state index contributed by atoms with van der Waals surface area (Å²) in [6, 6.07) is 6.52. The van der Waals surface area contributed by atoms with Gasteiger partial charge in [0.15, 0.2) is 0 Å². The van der Waals surface area contributed by atoms with Crippen LogP contribution in [0.4, 0.5) is 4.39 Å². The second-order valence-corrected chi connectivity index (χ2v) is 8.10. The maximum Gasteiger partial charge on any atom is 0.230 e. The maximum absolute atomic E-state index is 13.1. The van der Waals surface area contributed by atoms with Gasteiger partial charge in [-0.3, -0.25) is 4.79 Å². The minimum absolute atomic E-state index is 0.169. The van der Waals surface area contributed by atoms with E-state index in [2.05, 4.69) is 11.2 Å². The Morgan fingerprint density at radius 2 is 2.00 bits per heavy atom. The first-order valence-corrected chi connectivity index (χ1v) is 10.3. The summed E-state index contributed by atoms with van der Waals surface area (Å²) in [5, 5.41) is 0. The summed E-state index contributed by atoms with van der Waals surface area (Å²) in [7, 11) is 0. The molecule has 5 heteroatoms. The second kappa shape index (κ2) is 7.87. The number of carbonyl (C=O) groups excluding carboxylic acids is 1. The molecule has 132 valence electrons. The van der Waals surface area contributed by atoms with E-state index in [4.69, 9.17) is 0 Å². The van der Waals surface area contributed by atoms with Crippen LogP contribution in [0.25, 0.3) is 0 Å². The molecule has 1 atom stereocenters. The Kier molecular flexibility index (Phi) is 5.82. The third-order valence-electron chi connectivity index (χ3n) is 5.37. The maximum atomic E-state index is 13.1. The van der Waals surface area contributed by atoms with Gasteiger partial charge in [-0.2, -0.15) is 11.8 Å². The molecule has 0 radical (unpaired) electrons. The van der Waals surface area contributed by atoms with Gasteiger partial charge in [-0.15, -0.1) is 0 Å². The monoisotopic (exact) mass is 350 g/mol. The van der Waals surface area contributed by atoms with E-state index in [0.717, 1.165) is 51.0 Å². The van der Waals surface area contributed by atoms with E-state index in [1.807, 2.05) is 16.7 Å². The molecule has 0 unspecified atom stereocenters. The van der Waals surface area contributed by atoms with Gasteiger partial charge in [0.05, 0.1) is 5.41 Å². The van der Waals surface area contributed by atoms with Crippen molar-refractivity contribution in [3.63, 3.8) is 0 Å². The molecule has 2 aliphatic heterocycles. The molecule has 0 saturated carbocycles. The molecule has 2 aliphatic rings. The molecule has 0 bridgehead atoms. The zero-order valence-electron chi connectivity index (χ0n) is 14.5. The third kappa shape index (κ3) is 3.94. The molecule has 0 aromatic heterocycles. The molecule has 1 amide bonds. The largest absolute Gasteiger partial charge is 0.338 e. The zero-order valence-corrected chi connectivity index (χ0v) is 15.3. The van der Waals surface area contributed by atoms with Crippen molar-refractivity contribution in [1.82, 2.24) is 9.80 Å². The first kappa shape index (κ1) is 17.7. The molecule has 3 rings (SSSR count). The van der Waals surface area contributed by atoms with Gasteiger partial charge >= 0.3 is 0 Å². The summed E-state index contributed by atoms with van der Waals surface area (Å²) in [5.74, 6) is 1.27. The van der Waals surface area contributed by atoms with Crippen molar-refractivity contribution in [2.24, 2.45) is 5.41 Å². The fourth-order valence-corrected chi connectivity index (χ4v) is 4.49. The van der Waals surface area contributed by atoms with Gasteiger partial charge in [0.1, 0.15) is 5.82 Å². The molecule has 1 spiro atoms. The average molecular weight is 351 g/mol. The average Bonchev–Trinajstić information content (AvgIpc) is 2.98. The number of benzene rings is 1. The number of halogens is 1. The number of rotatable bonds is 6. The van der Waals surface area contributed by atoms with Crippen LogP contribution in [0.1, 0.15) is 31.2 Å². The van der Waals surface area contributed by atoms with Crippen LogP contribution in [0.2, 0.25) is 0 Å². The first-order chi connectivity index (χ1) is 11.6. The minimum atomic E-state index is -0.225. The van der Waals surface area contributed by atoms with Gasteiger partial charge in [-0.1, -0.05) is 12.1 Å². The summed E-state index contributed by atoms with van der Waals surface area (Å²) in [4.78, 5) is 17.6. The summed E-state index contributed by atoms with van der Waals surface area (Å²) >= 11 is 1.89. The van der Waals surface area contributed by atoms with E-state index in [9.17, 15) is 9.18 Å². The van der Waals surface area contributed by atoms with E-state index in [-0.39, 0.29) is 11.2 Å². The van der Waals surface area contributed by atoms with E-state index >= 15 is 0 Å². The van der Waals surface area contributed by atoms with Gasteiger partial charge in [0, 0.05) is 19.6 Å². The van der Waals surface area contributed by atoms with Crippen molar-refractivity contribution in [1.29, 1.82) is 0 Å². The van der Waals surface area contributed by atoms with Crippen molar-refractivity contribution >= 4 is 17.7 Å². The van der Waals surface area contributed by atoms with Gasteiger partial charge in [-0.25, -0.2) is 4.39 Å². The number of thioether (sulfide) groups is 1. The smallest absolute Gasteiger partial charge is 0.230 e. The molecule has 0 N–H and O–H groups in total. The summed E-state index contributed by atoms with van der Waals surface area (Å²) in [6.07, 6.45) is 6.43. The summed E-state index contributed by atoms with van der Waals surface area (Å²) in [5.41, 5.74) is 0.842. The molecule has 0 aliphatic carbocycles. The van der Waals surface area contributed by atoms with Crippen LogP contribution in [0, 0.1) is 11.2 Å². The summed E-state index contributed by atoms with van der Waals surface area (Å²) < 4.78 is 13.1.